The number of carbonyl (C=O) groups excluding carboxylic acids is 1. The van der Waals surface area contributed by atoms with E-state index in [1.54, 1.807) is 0 Å². The third-order valence-corrected chi connectivity index (χ3v) is 4.49. The van der Waals surface area contributed by atoms with Gasteiger partial charge in [-0.15, -0.1) is 0 Å². The van der Waals surface area contributed by atoms with Crippen molar-refractivity contribution in [2.24, 2.45) is 0 Å². The SMILES string of the molecule is CCOc1ccc2c(c1)[C@H](C)CC(C)(C)N2[C@H](C)C(=O)OC. The quantitative estimate of drug-likeness (QED) is 0.794. The molecule has 122 valence electrons. The Morgan fingerprint density at radius 1 is 1.45 bits per heavy atom. The lowest BCUT2D eigenvalue weighted by molar-refractivity contribution is -0.142. The van der Waals surface area contributed by atoms with E-state index in [1.165, 1.54) is 12.7 Å². The second-order valence-corrected chi connectivity index (χ2v) is 6.64. The zero-order chi connectivity index (χ0) is 16.5. The fourth-order valence-corrected chi connectivity index (χ4v) is 3.70. The molecule has 0 N–H and O–H groups in total. The molecule has 0 aromatic heterocycles. The molecule has 1 aliphatic heterocycles. The summed E-state index contributed by atoms with van der Waals surface area (Å²) in [4.78, 5) is 14.3. The van der Waals surface area contributed by atoms with Gasteiger partial charge in [-0.3, -0.25) is 0 Å². The van der Waals surface area contributed by atoms with Crippen molar-refractivity contribution >= 4 is 11.7 Å². The van der Waals surface area contributed by atoms with Gasteiger partial charge in [0.25, 0.3) is 0 Å². The number of esters is 1. The largest absolute Gasteiger partial charge is 0.494 e. The van der Waals surface area contributed by atoms with Gasteiger partial charge in [0.2, 0.25) is 0 Å². The van der Waals surface area contributed by atoms with Gasteiger partial charge in [-0.1, -0.05) is 6.92 Å². The molecule has 0 unspecified atom stereocenters. The molecule has 0 amide bonds. The highest BCUT2D eigenvalue weighted by Crippen LogP contribution is 2.45. The second-order valence-electron chi connectivity index (χ2n) is 6.64. The lowest BCUT2D eigenvalue weighted by Crippen LogP contribution is -2.55. The minimum atomic E-state index is -0.316. The van der Waals surface area contributed by atoms with Gasteiger partial charge in [0.15, 0.2) is 0 Å². The molecule has 4 heteroatoms. The molecule has 0 spiro atoms. The van der Waals surface area contributed by atoms with Crippen LogP contribution in [0, 0.1) is 0 Å². The normalized spacial score (nSPS) is 21.0. The monoisotopic (exact) mass is 305 g/mol. The highest BCUT2D eigenvalue weighted by molar-refractivity contribution is 5.81. The van der Waals surface area contributed by atoms with Crippen LogP contribution in [0.3, 0.4) is 0 Å². The summed E-state index contributed by atoms with van der Waals surface area (Å²) in [5, 5.41) is 0. The summed E-state index contributed by atoms with van der Waals surface area (Å²) in [6, 6.07) is 5.84. The van der Waals surface area contributed by atoms with Crippen LogP contribution in [-0.2, 0) is 9.53 Å². The molecular weight excluding hydrogens is 278 g/mol. The summed E-state index contributed by atoms with van der Waals surface area (Å²) in [7, 11) is 1.44. The fourth-order valence-electron chi connectivity index (χ4n) is 3.70. The molecular formula is C18H27NO3. The molecule has 2 rings (SSSR count). The Kier molecular flexibility index (Phi) is 4.69. The number of fused-ring (bicyclic) bond motifs is 1. The van der Waals surface area contributed by atoms with Crippen LogP contribution in [0.15, 0.2) is 18.2 Å². The number of ether oxygens (including phenoxy) is 2. The Hall–Kier alpha value is -1.71. The predicted molar refractivity (Wildman–Crippen MR) is 88.7 cm³/mol. The molecule has 1 heterocycles. The molecule has 0 radical (unpaired) electrons. The number of methoxy groups -OCH3 is 1. The maximum atomic E-state index is 12.1. The van der Waals surface area contributed by atoms with E-state index < -0.39 is 0 Å². The van der Waals surface area contributed by atoms with Crippen molar-refractivity contribution in [3.63, 3.8) is 0 Å². The van der Waals surface area contributed by atoms with Gasteiger partial charge >= 0.3 is 5.97 Å². The molecule has 0 saturated heterocycles. The van der Waals surface area contributed by atoms with Crippen LogP contribution in [0.5, 0.6) is 5.75 Å². The van der Waals surface area contributed by atoms with Crippen molar-refractivity contribution < 1.29 is 14.3 Å². The standard InChI is InChI=1S/C18H27NO3/c1-7-22-14-8-9-16-15(10-14)12(2)11-18(4,5)19(16)13(3)17(20)21-6/h8-10,12-13H,7,11H2,1-6H3/t12-,13-/m1/s1. The van der Waals surface area contributed by atoms with Crippen LogP contribution >= 0.6 is 0 Å². The number of hydrogen-bond donors (Lipinski definition) is 0. The number of rotatable bonds is 4. The first-order valence-electron chi connectivity index (χ1n) is 7.95. The van der Waals surface area contributed by atoms with Gasteiger partial charge in [0.05, 0.1) is 13.7 Å². The van der Waals surface area contributed by atoms with E-state index in [4.69, 9.17) is 9.47 Å². The summed E-state index contributed by atoms with van der Waals surface area (Å²) in [5.74, 6) is 1.10. The average molecular weight is 305 g/mol. The predicted octanol–water partition coefficient (Wildman–Crippen LogP) is 3.74. The Balaban J connectivity index is 2.50. The Morgan fingerprint density at radius 3 is 2.73 bits per heavy atom. The molecule has 0 fully saturated rings. The summed E-state index contributed by atoms with van der Waals surface area (Å²) < 4.78 is 10.6. The van der Waals surface area contributed by atoms with Gasteiger partial charge in [-0.25, -0.2) is 4.79 Å². The maximum Gasteiger partial charge on any atom is 0.328 e. The molecule has 22 heavy (non-hydrogen) atoms. The van der Waals surface area contributed by atoms with Crippen LogP contribution in [0.1, 0.15) is 52.5 Å². The zero-order valence-electron chi connectivity index (χ0n) is 14.5. The van der Waals surface area contributed by atoms with Crippen LogP contribution < -0.4 is 9.64 Å². The van der Waals surface area contributed by atoms with Crippen molar-refractivity contribution in [2.45, 2.75) is 58.5 Å². The number of benzene rings is 1. The number of anilines is 1. The summed E-state index contributed by atoms with van der Waals surface area (Å²) in [5.41, 5.74) is 2.23. The minimum Gasteiger partial charge on any atom is -0.494 e. The summed E-state index contributed by atoms with van der Waals surface area (Å²) in [6.07, 6.45) is 0.983. The van der Waals surface area contributed by atoms with E-state index in [0.717, 1.165) is 17.9 Å². The first-order chi connectivity index (χ1) is 10.3. The maximum absolute atomic E-state index is 12.1. The molecule has 0 aliphatic carbocycles. The smallest absolute Gasteiger partial charge is 0.328 e. The third-order valence-electron chi connectivity index (χ3n) is 4.49. The van der Waals surface area contributed by atoms with Crippen molar-refractivity contribution in [3.8, 4) is 5.75 Å². The van der Waals surface area contributed by atoms with E-state index in [0.29, 0.717) is 12.5 Å². The minimum absolute atomic E-state index is 0.104. The molecule has 1 aliphatic rings. The Labute approximate surface area is 133 Å². The van der Waals surface area contributed by atoms with Gasteiger partial charge < -0.3 is 14.4 Å². The fraction of sp³-hybridized carbons (Fsp3) is 0.611. The molecule has 0 saturated carbocycles. The van der Waals surface area contributed by atoms with Gasteiger partial charge in [0, 0.05) is 11.2 Å². The van der Waals surface area contributed by atoms with Gasteiger partial charge in [0.1, 0.15) is 11.8 Å². The number of carbonyl (C=O) groups is 1. The number of nitrogens with zero attached hydrogens (tertiary/aromatic N) is 1. The molecule has 0 bridgehead atoms. The highest BCUT2D eigenvalue weighted by atomic mass is 16.5. The lowest BCUT2D eigenvalue weighted by atomic mass is 9.79. The summed E-state index contributed by atoms with van der Waals surface area (Å²) >= 11 is 0. The topological polar surface area (TPSA) is 38.8 Å². The average Bonchev–Trinajstić information content (AvgIpc) is 2.46. The first kappa shape index (κ1) is 16.7. The van der Waals surface area contributed by atoms with Crippen molar-refractivity contribution in [2.75, 3.05) is 18.6 Å². The highest BCUT2D eigenvalue weighted by Gasteiger charge is 2.41. The lowest BCUT2D eigenvalue weighted by Gasteiger charge is -2.49. The number of hydrogen-bond acceptors (Lipinski definition) is 4. The van der Waals surface area contributed by atoms with Crippen LogP contribution in [-0.4, -0.2) is 31.3 Å². The molecule has 2 atom stereocenters. The molecule has 1 aromatic rings. The first-order valence-corrected chi connectivity index (χ1v) is 7.95. The van der Waals surface area contributed by atoms with E-state index in [9.17, 15) is 4.79 Å². The van der Waals surface area contributed by atoms with E-state index in [-0.39, 0.29) is 17.6 Å². The van der Waals surface area contributed by atoms with Crippen molar-refractivity contribution in [1.29, 1.82) is 0 Å². The van der Waals surface area contributed by atoms with Gasteiger partial charge in [-0.2, -0.15) is 0 Å². The van der Waals surface area contributed by atoms with E-state index in [2.05, 4.69) is 37.8 Å². The zero-order valence-corrected chi connectivity index (χ0v) is 14.5. The summed E-state index contributed by atoms with van der Waals surface area (Å²) in [6.45, 7) is 11.1. The van der Waals surface area contributed by atoms with E-state index >= 15 is 0 Å². The van der Waals surface area contributed by atoms with Crippen molar-refractivity contribution in [1.82, 2.24) is 0 Å². The van der Waals surface area contributed by atoms with Gasteiger partial charge in [-0.05, 0) is 63.8 Å². The van der Waals surface area contributed by atoms with E-state index in [1.807, 2.05) is 19.9 Å². The van der Waals surface area contributed by atoms with Crippen LogP contribution in [0.2, 0.25) is 0 Å². The van der Waals surface area contributed by atoms with Crippen molar-refractivity contribution in [3.05, 3.63) is 23.8 Å². The van der Waals surface area contributed by atoms with Crippen LogP contribution in [0.4, 0.5) is 5.69 Å². The van der Waals surface area contributed by atoms with Crippen LogP contribution in [0.25, 0.3) is 0 Å². The Morgan fingerprint density at radius 2 is 2.14 bits per heavy atom. The second kappa shape index (κ2) is 6.19. The molecule has 4 nitrogen and oxygen atoms in total. The third kappa shape index (κ3) is 2.92. The Bertz CT molecular complexity index is 553. The molecule has 1 aromatic carbocycles.